The molecule has 1 atom stereocenters. The maximum atomic E-state index is 13.2. The fourth-order valence-corrected chi connectivity index (χ4v) is 6.08. The molecule has 2 aliphatic rings. The number of fused-ring (bicyclic) bond motifs is 1. The van der Waals surface area contributed by atoms with Crippen LogP contribution in [0.5, 0.6) is 5.75 Å². The highest BCUT2D eigenvalue weighted by atomic mass is 16.5. The molecular formula is C27H38N6O2. The molecule has 0 amide bonds. The van der Waals surface area contributed by atoms with E-state index in [1.807, 2.05) is 31.2 Å². The van der Waals surface area contributed by atoms with Crippen LogP contribution >= 0.6 is 0 Å². The summed E-state index contributed by atoms with van der Waals surface area (Å²) in [5, 5.41) is 14.2. The summed E-state index contributed by atoms with van der Waals surface area (Å²) in [6.45, 7) is 5.42. The van der Waals surface area contributed by atoms with Crippen LogP contribution in [0.2, 0.25) is 0 Å². The summed E-state index contributed by atoms with van der Waals surface area (Å²) in [6, 6.07) is 8.83. The first-order valence-corrected chi connectivity index (χ1v) is 13.5. The average molecular weight is 479 g/mol. The summed E-state index contributed by atoms with van der Waals surface area (Å²) in [4.78, 5) is 18.8. The fraction of sp³-hybridized carbons (Fsp3) is 0.630. The van der Waals surface area contributed by atoms with Crippen molar-refractivity contribution in [3.05, 3.63) is 46.0 Å². The number of benzene rings is 1. The molecule has 8 heteroatoms. The van der Waals surface area contributed by atoms with E-state index in [4.69, 9.17) is 4.74 Å². The summed E-state index contributed by atoms with van der Waals surface area (Å²) < 4.78 is 7.81. The van der Waals surface area contributed by atoms with E-state index in [1.54, 1.807) is 0 Å². The van der Waals surface area contributed by atoms with Gasteiger partial charge in [-0.1, -0.05) is 39.0 Å². The zero-order valence-electron chi connectivity index (χ0n) is 21.1. The number of tetrazole rings is 1. The maximum absolute atomic E-state index is 13.2. The van der Waals surface area contributed by atoms with Gasteiger partial charge in [-0.05, 0) is 73.7 Å². The van der Waals surface area contributed by atoms with Crippen molar-refractivity contribution >= 4 is 10.9 Å². The Hall–Kier alpha value is -2.74. The molecule has 1 unspecified atom stereocenters. The Morgan fingerprint density at radius 1 is 1.11 bits per heavy atom. The largest absolute Gasteiger partial charge is 0.494 e. The molecule has 0 spiro atoms. The molecule has 0 saturated heterocycles. The smallest absolute Gasteiger partial charge is 0.252 e. The predicted octanol–water partition coefficient (Wildman–Crippen LogP) is 5.31. The molecule has 2 saturated carbocycles. The number of hydrogen-bond acceptors (Lipinski definition) is 6. The molecule has 2 aliphatic carbocycles. The topological polar surface area (TPSA) is 88.9 Å². The first-order valence-electron chi connectivity index (χ1n) is 13.5. The highest BCUT2D eigenvalue weighted by Crippen LogP contribution is 2.37. The van der Waals surface area contributed by atoms with Gasteiger partial charge in [0.1, 0.15) is 5.75 Å². The maximum Gasteiger partial charge on any atom is 0.252 e. The van der Waals surface area contributed by atoms with Crippen molar-refractivity contribution in [2.24, 2.45) is 0 Å². The van der Waals surface area contributed by atoms with E-state index in [0.717, 1.165) is 66.6 Å². The Morgan fingerprint density at radius 3 is 2.63 bits per heavy atom. The molecule has 2 fully saturated rings. The van der Waals surface area contributed by atoms with Gasteiger partial charge in [-0.25, -0.2) is 4.68 Å². The summed E-state index contributed by atoms with van der Waals surface area (Å²) in [6.07, 6.45) is 11.6. The highest BCUT2D eigenvalue weighted by Gasteiger charge is 2.34. The van der Waals surface area contributed by atoms with Crippen LogP contribution in [0, 0.1) is 0 Å². The number of pyridine rings is 1. The van der Waals surface area contributed by atoms with Crippen LogP contribution in [-0.2, 0) is 6.54 Å². The normalized spacial score (nSPS) is 18.1. The van der Waals surface area contributed by atoms with Crippen molar-refractivity contribution < 1.29 is 4.74 Å². The molecule has 0 radical (unpaired) electrons. The SMILES string of the molecule is CCCC(c1nnnn1C1CCCC1)N(Cc1cc2cc(OCC)ccc2[nH]c1=O)C1CCCC1. The lowest BCUT2D eigenvalue weighted by molar-refractivity contribution is 0.106. The lowest BCUT2D eigenvalue weighted by Crippen LogP contribution is -2.39. The first-order chi connectivity index (χ1) is 17.2. The molecule has 8 nitrogen and oxygen atoms in total. The van der Waals surface area contributed by atoms with E-state index >= 15 is 0 Å². The van der Waals surface area contributed by atoms with Gasteiger partial charge in [0.05, 0.1) is 18.7 Å². The molecule has 0 aliphatic heterocycles. The predicted molar refractivity (Wildman–Crippen MR) is 137 cm³/mol. The second kappa shape index (κ2) is 10.9. The second-order valence-corrected chi connectivity index (χ2v) is 10.1. The van der Waals surface area contributed by atoms with Crippen LogP contribution in [-0.4, -0.2) is 42.7 Å². The van der Waals surface area contributed by atoms with E-state index in [0.29, 0.717) is 25.2 Å². The third-order valence-electron chi connectivity index (χ3n) is 7.80. The third-order valence-corrected chi connectivity index (χ3v) is 7.80. The lowest BCUT2D eigenvalue weighted by atomic mass is 10.0. The van der Waals surface area contributed by atoms with E-state index in [9.17, 15) is 4.79 Å². The first kappa shape index (κ1) is 24.0. The third kappa shape index (κ3) is 5.13. The minimum absolute atomic E-state index is 0.0182. The summed E-state index contributed by atoms with van der Waals surface area (Å²) in [5.41, 5.74) is 1.61. The summed E-state index contributed by atoms with van der Waals surface area (Å²) >= 11 is 0. The van der Waals surface area contributed by atoms with Gasteiger partial charge in [0, 0.05) is 29.1 Å². The molecule has 0 bridgehead atoms. The van der Waals surface area contributed by atoms with Crippen molar-refractivity contribution in [3.63, 3.8) is 0 Å². The van der Waals surface area contributed by atoms with Gasteiger partial charge in [0.25, 0.3) is 5.56 Å². The Morgan fingerprint density at radius 2 is 1.89 bits per heavy atom. The molecule has 35 heavy (non-hydrogen) atoms. The quantitative estimate of drug-likeness (QED) is 0.425. The second-order valence-electron chi connectivity index (χ2n) is 10.1. The van der Waals surface area contributed by atoms with Crippen molar-refractivity contribution in [2.75, 3.05) is 6.61 Å². The molecule has 1 N–H and O–H groups in total. The molecule has 188 valence electrons. The van der Waals surface area contributed by atoms with Crippen LogP contribution in [0.25, 0.3) is 10.9 Å². The van der Waals surface area contributed by atoms with Crippen molar-refractivity contribution in [2.45, 2.75) is 103 Å². The van der Waals surface area contributed by atoms with Gasteiger partial charge in [-0.3, -0.25) is 9.69 Å². The van der Waals surface area contributed by atoms with Gasteiger partial charge in [0.2, 0.25) is 0 Å². The lowest BCUT2D eigenvalue weighted by Gasteiger charge is -2.36. The zero-order valence-corrected chi connectivity index (χ0v) is 21.1. The number of aromatic nitrogens is 5. The van der Waals surface area contributed by atoms with Crippen LogP contribution in [0.15, 0.2) is 29.1 Å². The number of nitrogens with zero attached hydrogens (tertiary/aromatic N) is 5. The van der Waals surface area contributed by atoms with E-state index < -0.39 is 0 Å². The van der Waals surface area contributed by atoms with Gasteiger partial charge >= 0.3 is 0 Å². The molecule has 1 aromatic carbocycles. The van der Waals surface area contributed by atoms with Gasteiger partial charge in [-0.15, -0.1) is 5.10 Å². The van der Waals surface area contributed by atoms with E-state index in [-0.39, 0.29) is 11.6 Å². The van der Waals surface area contributed by atoms with E-state index in [1.165, 1.54) is 25.7 Å². The monoisotopic (exact) mass is 478 g/mol. The van der Waals surface area contributed by atoms with Crippen LogP contribution < -0.4 is 10.3 Å². The Bertz CT molecular complexity index is 1180. The number of hydrogen-bond donors (Lipinski definition) is 1. The van der Waals surface area contributed by atoms with Crippen LogP contribution in [0.3, 0.4) is 0 Å². The Balaban J connectivity index is 1.52. The number of rotatable bonds is 10. The number of H-pyrrole nitrogens is 1. The highest BCUT2D eigenvalue weighted by molar-refractivity contribution is 5.80. The van der Waals surface area contributed by atoms with Crippen molar-refractivity contribution in [1.82, 2.24) is 30.1 Å². The van der Waals surface area contributed by atoms with Gasteiger partial charge < -0.3 is 9.72 Å². The molecule has 5 rings (SSSR count). The van der Waals surface area contributed by atoms with Gasteiger partial charge in [-0.2, -0.15) is 0 Å². The summed E-state index contributed by atoms with van der Waals surface area (Å²) in [5.74, 6) is 1.80. The molecule has 2 aromatic heterocycles. The summed E-state index contributed by atoms with van der Waals surface area (Å²) in [7, 11) is 0. The number of nitrogens with one attached hydrogen (secondary N) is 1. The number of aromatic amines is 1. The fourth-order valence-electron chi connectivity index (χ4n) is 6.08. The van der Waals surface area contributed by atoms with Crippen molar-refractivity contribution in [1.29, 1.82) is 0 Å². The zero-order chi connectivity index (χ0) is 24.2. The van der Waals surface area contributed by atoms with E-state index in [2.05, 4.69) is 37.0 Å². The van der Waals surface area contributed by atoms with Crippen LogP contribution in [0.4, 0.5) is 0 Å². The minimum atomic E-state index is -0.0182. The molecule has 3 aromatic rings. The molecular weight excluding hydrogens is 440 g/mol. The average Bonchev–Trinajstić information content (AvgIpc) is 3.64. The number of ether oxygens (including phenoxy) is 1. The minimum Gasteiger partial charge on any atom is -0.494 e. The standard InChI is InChI=1S/C27H38N6O2/c1-3-9-25(26-29-30-31-33(26)22-12-7-8-13-22)32(21-10-5-6-11-21)18-20-16-19-17-23(35-4-2)14-15-24(19)28-27(20)34/h14-17,21-22,25H,3-13,18H2,1-2H3,(H,28,34). The van der Waals surface area contributed by atoms with Crippen LogP contribution in [0.1, 0.15) is 102 Å². The molecule has 2 heterocycles. The van der Waals surface area contributed by atoms with Gasteiger partial charge in [0.15, 0.2) is 5.82 Å². The Labute approximate surface area is 207 Å². The van der Waals surface area contributed by atoms with Crippen molar-refractivity contribution in [3.8, 4) is 5.75 Å². The Kier molecular flexibility index (Phi) is 7.46.